The molecule has 2 fully saturated rings. The van der Waals surface area contributed by atoms with Gasteiger partial charge in [-0.05, 0) is 70.8 Å². The van der Waals surface area contributed by atoms with Crippen molar-refractivity contribution >= 4 is 39.3 Å². The fourth-order valence-electron chi connectivity index (χ4n) is 7.85. The van der Waals surface area contributed by atoms with Crippen molar-refractivity contribution in [3.05, 3.63) is 98.8 Å². The molecule has 9 heteroatoms. The number of nitrogens with zero attached hydrogens (tertiary/aromatic N) is 2. The molecule has 0 radical (unpaired) electrons. The Balaban J connectivity index is 1.19. The summed E-state index contributed by atoms with van der Waals surface area (Å²) >= 11 is 3.22. The summed E-state index contributed by atoms with van der Waals surface area (Å²) < 4.78 is 14.7. The van der Waals surface area contributed by atoms with E-state index in [0.717, 1.165) is 25.2 Å². The summed E-state index contributed by atoms with van der Waals surface area (Å²) in [6.07, 6.45) is 5.07. The molecule has 0 saturated carbocycles. The highest BCUT2D eigenvalue weighted by molar-refractivity contribution is 9.12. The first kappa shape index (κ1) is 28.1. The fraction of sp³-hybridized carbons (Fsp3) is 0.353. The van der Waals surface area contributed by atoms with E-state index in [9.17, 15) is 28.7 Å². The molecule has 2 aliphatic heterocycles. The molecule has 0 bridgehead atoms. The molecule has 4 unspecified atom stereocenters. The van der Waals surface area contributed by atoms with Crippen molar-refractivity contribution in [1.82, 2.24) is 9.80 Å². The number of allylic oxidation sites excluding steroid dienone is 6. The van der Waals surface area contributed by atoms with Gasteiger partial charge in [0.2, 0.25) is 11.8 Å². The van der Waals surface area contributed by atoms with Gasteiger partial charge in [-0.1, -0.05) is 48.0 Å². The minimum absolute atomic E-state index is 0.143. The number of likely N-dealkylation sites (tertiary alicyclic amines) is 2. The lowest BCUT2D eigenvalue weighted by molar-refractivity contribution is -0.144. The third-order valence-corrected chi connectivity index (χ3v) is 10.4. The largest absolute Gasteiger partial charge is 0.505 e. The smallest absolute Gasteiger partial charge is 0.233 e. The lowest BCUT2D eigenvalue weighted by Crippen LogP contribution is -2.47. The van der Waals surface area contributed by atoms with Crippen molar-refractivity contribution in [2.75, 3.05) is 13.1 Å². The molecule has 2 aromatic rings. The first-order valence-electron chi connectivity index (χ1n) is 14.7. The second kappa shape index (κ2) is 10.8. The molecule has 0 aromatic heterocycles. The zero-order valence-corrected chi connectivity index (χ0v) is 24.9. The van der Waals surface area contributed by atoms with Crippen LogP contribution in [0.4, 0.5) is 4.39 Å². The minimum atomic E-state index is -0.834. The Morgan fingerprint density at radius 1 is 0.953 bits per heavy atom. The van der Waals surface area contributed by atoms with Gasteiger partial charge in [0, 0.05) is 48.8 Å². The lowest BCUT2D eigenvalue weighted by atomic mass is 9.59. The Hall–Kier alpha value is -3.69. The molecule has 4 atom stereocenters. The number of fused-ring (bicyclic) bond motifs is 3. The Labute approximate surface area is 256 Å². The average molecular weight is 646 g/mol. The highest BCUT2D eigenvalue weighted by atomic mass is 79.9. The van der Waals surface area contributed by atoms with Gasteiger partial charge in [-0.15, -0.1) is 0 Å². The summed E-state index contributed by atoms with van der Waals surface area (Å²) in [5, 5.41) is 9.84. The summed E-state index contributed by atoms with van der Waals surface area (Å²) in [5.74, 6) is -4.82. The molecular weight excluding hydrogens is 615 g/mol. The van der Waals surface area contributed by atoms with E-state index < -0.39 is 35.2 Å². The van der Waals surface area contributed by atoms with Crippen LogP contribution in [-0.4, -0.2) is 57.4 Å². The van der Waals surface area contributed by atoms with Crippen molar-refractivity contribution in [2.24, 2.45) is 17.8 Å². The number of benzene rings is 2. The van der Waals surface area contributed by atoms with Crippen molar-refractivity contribution in [1.29, 1.82) is 0 Å². The van der Waals surface area contributed by atoms with Gasteiger partial charge in [0.05, 0.1) is 16.3 Å². The van der Waals surface area contributed by atoms with Crippen LogP contribution in [0.5, 0.6) is 5.75 Å². The van der Waals surface area contributed by atoms with Crippen LogP contribution in [0.3, 0.4) is 0 Å². The van der Waals surface area contributed by atoms with Crippen molar-refractivity contribution in [3.8, 4) is 5.75 Å². The molecule has 2 saturated heterocycles. The number of rotatable bonds is 4. The van der Waals surface area contributed by atoms with Gasteiger partial charge in [-0.25, -0.2) is 4.39 Å². The van der Waals surface area contributed by atoms with Crippen LogP contribution in [0.25, 0.3) is 0 Å². The Morgan fingerprint density at radius 3 is 2.42 bits per heavy atom. The first-order valence-corrected chi connectivity index (χ1v) is 15.5. The highest BCUT2D eigenvalue weighted by Gasteiger charge is 2.57. The van der Waals surface area contributed by atoms with Crippen molar-refractivity contribution < 1.29 is 28.7 Å². The first-order chi connectivity index (χ1) is 20.7. The molecule has 7 rings (SSSR count). The zero-order valence-electron chi connectivity index (χ0n) is 23.3. The van der Waals surface area contributed by atoms with Gasteiger partial charge in [0.25, 0.3) is 0 Å². The van der Waals surface area contributed by atoms with E-state index in [1.165, 1.54) is 28.7 Å². The molecule has 2 aromatic carbocycles. The van der Waals surface area contributed by atoms with Crippen LogP contribution < -0.4 is 0 Å². The number of imide groups is 1. The number of Topliss-reactive ketones (excluding diaryl/α,β-unsaturated/α-hetero) is 1. The number of piperidine rings is 1. The van der Waals surface area contributed by atoms with Gasteiger partial charge in [-0.2, -0.15) is 0 Å². The molecule has 43 heavy (non-hydrogen) atoms. The third kappa shape index (κ3) is 4.64. The number of halogens is 2. The number of hydrogen-bond donors (Lipinski definition) is 1. The summed E-state index contributed by atoms with van der Waals surface area (Å²) in [5.41, 5.74) is 2.99. The van der Waals surface area contributed by atoms with E-state index in [2.05, 4.69) is 33.0 Å². The van der Waals surface area contributed by atoms with E-state index >= 15 is 0 Å². The minimum Gasteiger partial charge on any atom is -0.505 e. The number of hydrogen-bond acceptors (Lipinski definition) is 6. The van der Waals surface area contributed by atoms with Crippen LogP contribution in [0.1, 0.15) is 42.7 Å². The zero-order chi connectivity index (χ0) is 30.0. The van der Waals surface area contributed by atoms with E-state index in [1.54, 1.807) is 6.07 Å². The molecular formula is C34H30BrFN2O5. The van der Waals surface area contributed by atoms with Crippen LogP contribution in [-0.2, 0) is 25.7 Å². The maximum atomic E-state index is 14.6. The fourth-order valence-corrected chi connectivity index (χ4v) is 8.30. The maximum absolute atomic E-state index is 14.6. The van der Waals surface area contributed by atoms with E-state index in [0.29, 0.717) is 30.4 Å². The van der Waals surface area contributed by atoms with Gasteiger partial charge in [0.1, 0.15) is 0 Å². The van der Waals surface area contributed by atoms with Crippen LogP contribution in [0.2, 0.25) is 0 Å². The lowest BCUT2D eigenvalue weighted by Gasteiger charge is -2.42. The second-order valence-electron chi connectivity index (χ2n) is 12.1. The van der Waals surface area contributed by atoms with E-state index in [1.807, 2.05) is 24.3 Å². The number of ketones is 2. The normalized spacial score (nSPS) is 28.0. The number of phenols is 1. The molecule has 2 amide bonds. The Morgan fingerprint density at radius 2 is 1.70 bits per heavy atom. The predicted octanol–water partition coefficient (Wildman–Crippen LogP) is 4.96. The standard InChI is InChI=1S/C34H30BrFN2O5/c35-25-16-28(40)31-24(32(25)41)15-23-21(29(31)19-6-9-27(39)26(36)14-19)7-8-22-30(23)34(43)38(33(22)42)20-10-12-37(13-11-20)17-18-4-2-1-3-5-18/h1-7,9,14,16,20,22-23,29-30,39H,8,10-13,15,17H2. The SMILES string of the molecule is O=C1C=C(Br)C(=O)C2=C1C(c1ccc(O)c(F)c1)C1=CCC3C(=O)N(C4CCN(Cc5ccccc5)CC4)C(=O)C3C1C2. The average Bonchev–Trinajstić information content (AvgIpc) is 3.26. The number of phenolic OH excluding ortho intramolecular Hbond substituents is 1. The summed E-state index contributed by atoms with van der Waals surface area (Å²) in [4.78, 5) is 58.5. The predicted molar refractivity (Wildman–Crippen MR) is 159 cm³/mol. The molecule has 0 spiro atoms. The van der Waals surface area contributed by atoms with Crippen LogP contribution in [0.15, 0.2) is 81.9 Å². The Bertz CT molecular complexity index is 1660. The topological polar surface area (TPSA) is 95.0 Å². The molecule has 1 N–H and O–H groups in total. The number of amides is 2. The summed E-state index contributed by atoms with van der Waals surface area (Å²) in [6.45, 7) is 2.38. The second-order valence-corrected chi connectivity index (χ2v) is 13.0. The molecule has 7 nitrogen and oxygen atoms in total. The molecule has 5 aliphatic rings. The summed E-state index contributed by atoms with van der Waals surface area (Å²) in [7, 11) is 0. The van der Waals surface area contributed by atoms with Crippen molar-refractivity contribution in [2.45, 2.75) is 44.2 Å². The summed E-state index contributed by atoms with van der Waals surface area (Å²) in [6, 6.07) is 14.0. The van der Waals surface area contributed by atoms with Crippen molar-refractivity contribution in [3.63, 3.8) is 0 Å². The van der Waals surface area contributed by atoms with Crippen LogP contribution in [0, 0.1) is 23.6 Å². The van der Waals surface area contributed by atoms with E-state index in [-0.39, 0.29) is 45.9 Å². The molecule has 3 aliphatic carbocycles. The van der Waals surface area contributed by atoms with Gasteiger partial charge >= 0.3 is 0 Å². The maximum Gasteiger partial charge on any atom is 0.233 e. The Kier molecular flexibility index (Phi) is 7.05. The molecule has 220 valence electrons. The van der Waals surface area contributed by atoms with E-state index in [4.69, 9.17) is 0 Å². The highest BCUT2D eigenvalue weighted by Crippen LogP contribution is 2.55. The monoisotopic (exact) mass is 644 g/mol. The number of carbonyl (C=O) groups is 4. The van der Waals surface area contributed by atoms with Gasteiger partial charge in [0.15, 0.2) is 23.1 Å². The molecule has 2 heterocycles. The quantitative estimate of drug-likeness (QED) is 0.287. The number of carbonyl (C=O) groups excluding carboxylic acids is 4. The number of aromatic hydroxyl groups is 1. The third-order valence-electron chi connectivity index (χ3n) is 9.84. The van der Waals surface area contributed by atoms with Gasteiger partial charge < -0.3 is 5.11 Å². The van der Waals surface area contributed by atoms with Gasteiger partial charge in [-0.3, -0.25) is 29.0 Å². The van der Waals surface area contributed by atoms with Crippen LogP contribution >= 0.6 is 15.9 Å².